The predicted molar refractivity (Wildman–Crippen MR) is 91.2 cm³/mol. The van der Waals surface area contributed by atoms with Gasteiger partial charge in [-0.15, -0.1) is 0 Å². The molecule has 0 aliphatic heterocycles. The van der Waals surface area contributed by atoms with Crippen LogP contribution in [0.1, 0.15) is 57.6 Å². The summed E-state index contributed by atoms with van der Waals surface area (Å²) in [5.41, 5.74) is 7.69. The Morgan fingerprint density at radius 3 is 2.33 bits per heavy atom. The van der Waals surface area contributed by atoms with E-state index in [1.807, 2.05) is 0 Å². The van der Waals surface area contributed by atoms with Crippen LogP contribution in [0.5, 0.6) is 0 Å². The molecule has 0 amide bonds. The Labute approximate surface area is 130 Å². The maximum atomic E-state index is 6.43. The lowest BCUT2D eigenvalue weighted by Crippen LogP contribution is -2.39. The molecule has 1 aromatic rings. The smallest absolute Gasteiger partial charge is 0.0333 e. The van der Waals surface area contributed by atoms with Crippen molar-refractivity contribution in [1.29, 1.82) is 0 Å². The van der Waals surface area contributed by atoms with Gasteiger partial charge in [0.2, 0.25) is 0 Å². The van der Waals surface area contributed by atoms with Gasteiger partial charge in [-0.25, -0.2) is 0 Å². The molecule has 0 spiro atoms. The average Bonchev–Trinajstić information content (AvgIpc) is 2.55. The van der Waals surface area contributed by atoms with Crippen molar-refractivity contribution < 1.29 is 0 Å². The van der Waals surface area contributed by atoms with Crippen LogP contribution in [0.3, 0.4) is 0 Å². The quantitative estimate of drug-likeness (QED) is 0.849. The van der Waals surface area contributed by atoms with Crippen molar-refractivity contribution in [3.05, 3.63) is 35.9 Å². The van der Waals surface area contributed by atoms with E-state index < -0.39 is 0 Å². The van der Waals surface area contributed by atoms with Crippen molar-refractivity contribution in [3.63, 3.8) is 0 Å². The van der Waals surface area contributed by atoms with Gasteiger partial charge in [-0.3, -0.25) is 0 Å². The lowest BCUT2D eigenvalue weighted by molar-refractivity contribution is 0.141. The Hall–Kier alpha value is -0.860. The number of benzene rings is 1. The van der Waals surface area contributed by atoms with Crippen molar-refractivity contribution in [2.45, 2.75) is 58.0 Å². The molecule has 1 fully saturated rings. The van der Waals surface area contributed by atoms with E-state index in [2.05, 4.69) is 56.1 Å². The summed E-state index contributed by atoms with van der Waals surface area (Å²) in [6, 6.07) is 11.4. The maximum Gasteiger partial charge on any atom is 0.0333 e. The molecule has 0 radical (unpaired) electrons. The van der Waals surface area contributed by atoms with Gasteiger partial charge in [0.25, 0.3) is 0 Å². The molecule has 0 bridgehead atoms. The van der Waals surface area contributed by atoms with Gasteiger partial charge in [0.05, 0.1) is 0 Å². The van der Waals surface area contributed by atoms with E-state index in [1.165, 1.54) is 37.7 Å². The molecule has 0 aromatic heterocycles. The van der Waals surface area contributed by atoms with Crippen LogP contribution in [-0.2, 0) is 0 Å². The second kappa shape index (κ2) is 7.95. The van der Waals surface area contributed by atoms with Gasteiger partial charge in [0.1, 0.15) is 0 Å². The second-order valence-electron chi connectivity index (χ2n) is 6.94. The molecular weight excluding hydrogens is 256 g/mol. The fraction of sp³-hybridized carbons (Fsp3) is 0.684. The first-order valence-corrected chi connectivity index (χ1v) is 8.62. The van der Waals surface area contributed by atoms with Crippen LogP contribution < -0.4 is 5.73 Å². The summed E-state index contributed by atoms with van der Waals surface area (Å²) >= 11 is 0. The van der Waals surface area contributed by atoms with Gasteiger partial charge >= 0.3 is 0 Å². The van der Waals surface area contributed by atoms with Gasteiger partial charge in [0, 0.05) is 18.6 Å². The average molecular weight is 288 g/mol. The number of hydrogen-bond acceptors (Lipinski definition) is 2. The molecule has 1 aliphatic carbocycles. The molecule has 21 heavy (non-hydrogen) atoms. The van der Waals surface area contributed by atoms with Crippen LogP contribution in [-0.4, -0.2) is 24.5 Å². The summed E-state index contributed by atoms with van der Waals surface area (Å²) in [5, 5.41) is 0. The van der Waals surface area contributed by atoms with E-state index in [-0.39, 0.29) is 6.04 Å². The van der Waals surface area contributed by atoms with Gasteiger partial charge in [-0.2, -0.15) is 0 Å². The van der Waals surface area contributed by atoms with Crippen LogP contribution in [0.2, 0.25) is 0 Å². The zero-order chi connectivity index (χ0) is 15.2. The van der Waals surface area contributed by atoms with Gasteiger partial charge in [-0.05, 0) is 50.1 Å². The maximum absolute atomic E-state index is 6.43. The van der Waals surface area contributed by atoms with Crippen LogP contribution in [0, 0.1) is 11.8 Å². The van der Waals surface area contributed by atoms with Gasteiger partial charge < -0.3 is 10.6 Å². The third-order valence-electron chi connectivity index (χ3n) is 5.39. The normalized spacial score (nSPS) is 25.8. The van der Waals surface area contributed by atoms with E-state index in [9.17, 15) is 0 Å². The molecule has 1 saturated carbocycles. The largest absolute Gasteiger partial charge is 0.324 e. The van der Waals surface area contributed by atoms with Gasteiger partial charge in [0.15, 0.2) is 0 Å². The minimum absolute atomic E-state index is 0.139. The van der Waals surface area contributed by atoms with E-state index >= 15 is 0 Å². The van der Waals surface area contributed by atoms with E-state index in [0.29, 0.717) is 5.92 Å². The topological polar surface area (TPSA) is 29.3 Å². The minimum Gasteiger partial charge on any atom is -0.324 e. The summed E-state index contributed by atoms with van der Waals surface area (Å²) in [7, 11) is 2.28. The van der Waals surface area contributed by atoms with Crippen molar-refractivity contribution in [3.8, 4) is 0 Å². The molecule has 2 atom stereocenters. The van der Waals surface area contributed by atoms with Crippen molar-refractivity contribution in [1.82, 2.24) is 4.90 Å². The van der Waals surface area contributed by atoms with E-state index in [0.717, 1.165) is 18.5 Å². The summed E-state index contributed by atoms with van der Waals surface area (Å²) in [6.45, 7) is 5.71. The Kier molecular flexibility index (Phi) is 6.25. The van der Waals surface area contributed by atoms with Crippen molar-refractivity contribution in [2.24, 2.45) is 17.6 Å². The Bertz CT molecular complexity index is 395. The first-order chi connectivity index (χ1) is 10.1. The van der Waals surface area contributed by atoms with E-state index in [1.54, 1.807) is 0 Å². The summed E-state index contributed by atoms with van der Waals surface area (Å²) in [5.74, 6) is 1.46. The SMILES string of the molecule is CCC1CCC(N(C)CC(C)C(N)c2ccccc2)CC1. The lowest BCUT2D eigenvalue weighted by Gasteiger charge is -2.36. The van der Waals surface area contributed by atoms with Crippen LogP contribution in [0.15, 0.2) is 30.3 Å². The lowest BCUT2D eigenvalue weighted by atomic mass is 9.83. The molecule has 2 unspecified atom stereocenters. The number of nitrogens with zero attached hydrogens (tertiary/aromatic N) is 1. The Morgan fingerprint density at radius 1 is 1.14 bits per heavy atom. The van der Waals surface area contributed by atoms with Gasteiger partial charge in [-0.1, -0.05) is 50.6 Å². The standard InChI is InChI=1S/C19H32N2/c1-4-16-10-12-18(13-11-16)21(3)14-15(2)19(20)17-8-6-5-7-9-17/h5-9,15-16,18-19H,4,10-14,20H2,1-3H3. The fourth-order valence-corrected chi connectivity index (χ4v) is 3.71. The highest BCUT2D eigenvalue weighted by molar-refractivity contribution is 5.19. The second-order valence-corrected chi connectivity index (χ2v) is 6.94. The van der Waals surface area contributed by atoms with Crippen molar-refractivity contribution >= 4 is 0 Å². The number of rotatable bonds is 6. The third-order valence-corrected chi connectivity index (χ3v) is 5.39. The molecule has 0 heterocycles. The molecule has 0 saturated heterocycles. The Balaban J connectivity index is 1.83. The van der Waals surface area contributed by atoms with Crippen LogP contribution in [0.4, 0.5) is 0 Å². The zero-order valence-electron chi connectivity index (χ0n) is 14.0. The fourth-order valence-electron chi connectivity index (χ4n) is 3.71. The highest BCUT2D eigenvalue weighted by Gasteiger charge is 2.25. The number of hydrogen-bond donors (Lipinski definition) is 1. The number of nitrogens with two attached hydrogens (primary N) is 1. The van der Waals surface area contributed by atoms with Crippen molar-refractivity contribution in [2.75, 3.05) is 13.6 Å². The van der Waals surface area contributed by atoms with Crippen LogP contribution >= 0.6 is 0 Å². The van der Waals surface area contributed by atoms with E-state index in [4.69, 9.17) is 5.73 Å². The molecule has 1 aliphatic rings. The summed E-state index contributed by atoms with van der Waals surface area (Å²) < 4.78 is 0. The predicted octanol–water partition coefficient (Wildman–Crippen LogP) is 4.22. The third kappa shape index (κ3) is 4.55. The summed E-state index contributed by atoms with van der Waals surface area (Å²) in [4.78, 5) is 2.55. The molecule has 2 nitrogen and oxygen atoms in total. The first-order valence-electron chi connectivity index (χ1n) is 8.62. The molecule has 2 rings (SSSR count). The zero-order valence-corrected chi connectivity index (χ0v) is 14.0. The first kappa shape index (κ1) is 16.5. The highest BCUT2D eigenvalue weighted by Crippen LogP contribution is 2.30. The molecular formula is C19H32N2. The monoisotopic (exact) mass is 288 g/mol. The Morgan fingerprint density at radius 2 is 1.76 bits per heavy atom. The summed E-state index contributed by atoms with van der Waals surface area (Å²) in [6.07, 6.45) is 6.89. The minimum atomic E-state index is 0.139. The molecule has 2 heteroatoms. The van der Waals surface area contributed by atoms with Crippen LogP contribution in [0.25, 0.3) is 0 Å². The molecule has 2 N–H and O–H groups in total. The molecule has 1 aromatic carbocycles. The molecule has 118 valence electrons. The highest BCUT2D eigenvalue weighted by atomic mass is 15.1.